The van der Waals surface area contributed by atoms with E-state index >= 15 is 0 Å². The summed E-state index contributed by atoms with van der Waals surface area (Å²) in [7, 11) is 0. The summed E-state index contributed by atoms with van der Waals surface area (Å²) in [5.41, 5.74) is 0. The summed E-state index contributed by atoms with van der Waals surface area (Å²) in [5, 5.41) is 0. The van der Waals surface area contributed by atoms with Crippen LogP contribution in [-0.4, -0.2) is 72.5 Å². The first-order valence-corrected chi connectivity index (χ1v) is 7.58. The Morgan fingerprint density at radius 2 is 1.50 bits per heavy atom. The van der Waals surface area contributed by atoms with Gasteiger partial charge in [-0.15, -0.1) is 0 Å². The maximum Gasteiger partial charge on any atom is 0.235 e. The molecule has 5 nitrogen and oxygen atoms in total. The second-order valence-electron chi connectivity index (χ2n) is 4.60. The second-order valence-corrected chi connectivity index (χ2v) is 5.82. The van der Waals surface area contributed by atoms with E-state index in [2.05, 4.69) is 0 Å². The van der Waals surface area contributed by atoms with Gasteiger partial charge in [-0.2, -0.15) is 11.8 Å². The number of hydrogen-bond acceptors (Lipinski definition) is 4. The van der Waals surface area contributed by atoms with Gasteiger partial charge in [0.1, 0.15) is 5.92 Å². The fourth-order valence-electron chi connectivity index (χ4n) is 2.22. The molecular formula is C12H20N2O3S. The van der Waals surface area contributed by atoms with E-state index in [1.165, 1.54) is 0 Å². The zero-order valence-corrected chi connectivity index (χ0v) is 11.6. The van der Waals surface area contributed by atoms with Crippen molar-refractivity contribution in [3.8, 4) is 0 Å². The third-order valence-electron chi connectivity index (χ3n) is 3.39. The van der Waals surface area contributed by atoms with E-state index in [0.29, 0.717) is 26.3 Å². The predicted molar refractivity (Wildman–Crippen MR) is 70.5 cm³/mol. The number of amides is 2. The molecule has 2 heterocycles. The van der Waals surface area contributed by atoms with Crippen molar-refractivity contribution in [3.63, 3.8) is 0 Å². The molecule has 2 aliphatic rings. The van der Waals surface area contributed by atoms with E-state index in [-0.39, 0.29) is 11.8 Å². The first-order valence-electron chi connectivity index (χ1n) is 6.43. The molecule has 0 aromatic heterocycles. The molecule has 0 spiro atoms. The van der Waals surface area contributed by atoms with Crippen LogP contribution in [0, 0.1) is 5.92 Å². The fourth-order valence-corrected chi connectivity index (χ4v) is 3.12. The Hall–Kier alpha value is -0.750. The van der Waals surface area contributed by atoms with Crippen molar-refractivity contribution in [2.24, 2.45) is 5.92 Å². The summed E-state index contributed by atoms with van der Waals surface area (Å²) in [6, 6.07) is 0. The van der Waals surface area contributed by atoms with E-state index in [1.807, 2.05) is 16.7 Å². The summed E-state index contributed by atoms with van der Waals surface area (Å²) in [6.07, 6.45) is 0. The normalized spacial score (nSPS) is 22.7. The van der Waals surface area contributed by atoms with Crippen LogP contribution < -0.4 is 0 Å². The third-order valence-corrected chi connectivity index (χ3v) is 4.33. The van der Waals surface area contributed by atoms with Crippen molar-refractivity contribution in [1.82, 2.24) is 9.80 Å². The van der Waals surface area contributed by atoms with Gasteiger partial charge in [-0.25, -0.2) is 0 Å². The lowest BCUT2D eigenvalue weighted by molar-refractivity contribution is -0.148. The van der Waals surface area contributed by atoms with Crippen molar-refractivity contribution in [2.45, 2.75) is 6.92 Å². The van der Waals surface area contributed by atoms with Crippen LogP contribution in [0.1, 0.15) is 6.92 Å². The SMILES string of the molecule is CC(C(=O)N1CCOCC1)C(=O)N1CCSCC1. The second kappa shape index (κ2) is 6.43. The van der Waals surface area contributed by atoms with Crippen LogP contribution in [0.3, 0.4) is 0 Å². The number of hydrogen-bond donors (Lipinski definition) is 0. The van der Waals surface area contributed by atoms with E-state index in [1.54, 1.807) is 11.8 Å². The largest absolute Gasteiger partial charge is 0.378 e. The summed E-state index contributed by atoms with van der Waals surface area (Å²) >= 11 is 1.86. The Morgan fingerprint density at radius 3 is 2.06 bits per heavy atom. The lowest BCUT2D eigenvalue weighted by Crippen LogP contribution is -2.49. The molecule has 2 amide bonds. The highest BCUT2D eigenvalue weighted by Gasteiger charge is 2.31. The van der Waals surface area contributed by atoms with Gasteiger partial charge in [0, 0.05) is 37.7 Å². The van der Waals surface area contributed by atoms with Crippen LogP contribution in [-0.2, 0) is 14.3 Å². The number of nitrogens with zero attached hydrogens (tertiary/aromatic N) is 2. The molecule has 2 aliphatic heterocycles. The highest BCUT2D eigenvalue weighted by Crippen LogP contribution is 2.14. The van der Waals surface area contributed by atoms with Gasteiger partial charge >= 0.3 is 0 Å². The molecule has 0 saturated carbocycles. The molecule has 0 aromatic rings. The molecule has 2 saturated heterocycles. The lowest BCUT2D eigenvalue weighted by atomic mass is 10.1. The van der Waals surface area contributed by atoms with E-state index in [0.717, 1.165) is 24.6 Å². The highest BCUT2D eigenvalue weighted by molar-refractivity contribution is 7.99. The van der Waals surface area contributed by atoms with Gasteiger partial charge in [-0.05, 0) is 6.92 Å². The Labute approximate surface area is 112 Å². The Morgan fingerprint density at radius 1 is 1.00 bits per heavy atom. The van der Waals surface area contributed by atoms with Crippen LogP contribution in [0.15, 0.2) is 0 Å². The average molecular weight is 272 g/mol. The standard InChI is InChI=1S/C12H20N2O3S/c1-10(11(15)13-2-6-17-7-3-13)12(16)14-4-8-18-9-5-14/h10H,2-9H2,1H3. The monoisotopic (exact) mass is 272 g/mol. The number of rotatable bonds is 2. The number of carbonyl (C=O) groups is 2. The van der Waals surface area contributed by atoms with E-state index in [4.69, 9.17) is 4.74 Å². The van der Waals surface area contributed by atoms with Gasteiger partial charge in [0.05, 0.1) is 13.2 Å². The molecule has 0 aliphatic carbocycles. The summed E-state index contributed by atoms with van der Waals surface area (Å²) in [4.78, 5) is 28.0. The first-order chi connectivity index (χ1) is 8.70. The Bertz CT molecular complexity index is 282. The topological polar surface area (TPSA) is 49.9 Å². The van der Waals surface area contributed by atoms with Crippen LogP contribution in [0.5, 0.6) is 0 Å². The van der Waals surface area contributed by atoms with Gasteiger partial charge in [0.2, 0.25) is 11.8 Å². The van der Waals surface area contributed by atoms with Gasteiger partial charge in [-0.1, -0.05) is 0 Å². The van der Waals surface area contributed by atoms with Crippen LogP contribution in [0.2, 0.25) is 0 Å². The van der Waals surface area contributed by atoms with Crippen molar-refractivity contribution < 1.29 is 14.3 Å². The van der Waals surface area contributed by atoms with Gasteiger partial charge in [0.15, 0.2) is 0 Å². The molecule has 0 N–H and O–H groups in total. The van der Waals surface area contributed by atoms with Gasteiger partial charge in [0.25, 0.3) is 0 Å². The molecule has 0 bridgehead atoms. The molecule has 102 valence electrons. The maximum atomic E-state index is 12.2. The minimum absolute atomic E-state index is 0.0215. The molecule has 1 unspecified atom stereocenters. The van der Waals surface area contributed by atoms with Crippen LogP contribution in [0.4, 0.5) is 0 Å². The summed E-state index contributed by atoms with van der Waals surface area (Å²) < 4.78 is 5.21. The smallest absolute Gasteiger partial charge is 0.235 e. The van der Waals surface area contributed by atoms with Crippen LogP contribution >= 0.6 is 11.8 Å². The maximum absolute atomic E-state index is 12.2. The zero-order chi connectivity index (χ0) is 13.0. The van der Waals surface area contributed by atoms with Crippen molar-refractivity contribution >= 4 is 23.6 Å². The fraction of sp³-hybridized carbons (Fsp3) is 0.833. The minimum Gasteiger partial charge on any atom is -0.378 e. The Balaban J connectivity index is 1.90. The number of ether oxygens (including phenoxy) is 1. The summed E-state index contributed by atoms with van der Waals surface area (Å²) in [6.45, 7) is 5.62. The van der Waals surface area contributed by atoms with Gasteiger partial charge in [-0.3, -0.25) is 9.59 Å². The average Bonchev–Trinajstić information content (AvgIpc) is 2.47. The van der Waals surface area contributed by atoms with E-state index < -0.39 is 5.92 Å². The minimum atomic E-state index is -0.550. The van der Waals surface area contributed by atoms with Crippen molar-refractivity contribution in [1.29, 1.82) is 0 Å². The van der Waals surface area contributed by atoms with Crippen molar-refractivity contribution in [3.05, 3.63) is 0 Å². The van der Waals surface area contributed by atoms with Crippen molar-refractivity contribution in [2.75, 3.05) is 50.9 Å². The molecule has 2 rings (SSSR count). The third kappa shape index (κ3) is 3.17. The predicted octanol–water partition coefficient (Wildman–Crippen LogP) is 0.0567. The van der Waals surface area contributed by atoms with E-state index in [9.17, 15) is 9.59 Å². The summed E-state index contributed by atoms with van der Waals surface area (Å²) in [5.74, 6) is 1.33. The van der Waals surface area contributed by atoms with Gasteiger partial charge < -0.3 is 14.5 Å². The molecule has 6 heteroatoms. The number of morpholine rings is 1. The number of thioether (sulfide) groups is 1. The van der Waals surface area contributed by atoms with Crippen LogP contribution in [0.25, 0.3) is 0 Å². The molecular weight excluding hydrogens is 252 g/mol. The molecule has 18 heavy (non-hydrogen) atoms. The zero-order valence-electron chi connectivity index (χ0n) is 10.8. The Kier molecular flexibility index (Phi) is 4.88. The first kappa shape index (κ1) is 13.7. The quantitative estimate of drug-likeness (QED) is 0.667. The number of carbonyl (C=O) groups excluding carboxylic acids is 2. The molecule has 0 radical (unpaired) electrons. The highest BCUT2D eigenvalue weighted by atomic mass is 32.2. The lowest BCUT2D eigenvalue weighted by Gasteiger charge is -2.32. The molecule has 0 aromatic carbocycles. The molecule has 2 fully saturated rings. The molecule has 1 atom stereocenters.